The van der Waals surface area contributed by atoms with Crippen molar-refractivity contribution in [2.75, 3.05) is 6.54 Å². The number of hydrogen-bond donors (Lipinski definition) is 0. The SMILES string of the molecule is C[C@@H](C(=O)N1CCc2ccccc2C1)n1c2ccccc2c2cnn(C)c(=O)c21. The molecule has 2 aromatic heterocycles. The Hall–Kier alpha value is -3.41. The Morgan fingerprint density at radius 3 is 2.59 bits per heavy atom. The van der Waals surface area contributed by atoms with E-state index in [2.05, 4.69) is 17.2 Å². The normalized spacial score (nSPS) is 14.9. The lowest BCUT2D eigenvalue weighted by Crippen LogP contribution is -2.40. The lowest BCUT2D eigenvalue weighted by atomic mass is 9.99. The van der Waals surface area contributed by atoms with Crippen LogP contribution < -0.4 is 5.56 Å². The number of nitrogens with zero attached hydrogens (tertiary/aromatic N) is 4. The summed E-state index contributed by atoms with van der Waals surface area (Å²) in [6.45, 7) is 3.18. The van der Waals surface area contributed by atoms with E-state index in [9.17, 15) is 9.59 Å². The molecule has 0 unspecified atom stereocenters. The lowest BCUT2D eigenvalue weighted by molar-refractivity contribution is -0.135. The van der Waals surface area contributed by atoms with Gasteiger partial charge in [0, 0.05) is 30.9 Å². The zero-order chi connectivity index (χ0) is 20.1. The molecule has 0 bridgehead atoms. The van der Waals surface area contributed by atoms with E-state index in [1.54, 1.807) is 13.2 Å². The van der Waals surface area contributed by atoms with Crippen LogP contribution in [0.5, 0.6) is 0 Å². The molecule has 6 heteroatoms. The van der Waals surface area contributed by atoms with Crippen LogP contribution >= 0.6 is 0 Å². The molecule has 3 heterocycles. The van der Waals surface area contributed by atoms with Crippen LogP contribution in [0.25, 0.3) is 21.8 Å². The first-order chi connectivity index (χ1) is 14.1. The van der Waals surface area contributed by atoms with Gasteiger partial charge >= 0.3 is 0 Å². The smallest absolute Gasteiger partial charge is 0.291 e. The predicted molar refractivity (Wildman–Crippen MR) is 113 cm³/mol. The number of rotatable bonds is 2. The summed E-state index contributed by atoms with van der Waals surface area (Å²) in [4.78, 5) is 28.3. The van der Waals surface area contributed by atoms with Gasteiger partial charge in [-0.05, 0) is 30.5 Å². The van der Waals surface area contributed by atoms with Crippen LogP contribution in [0.4, 0.5) is 0 Å². The van der Waals surface area contributed by atoms with E-state index in [0.29, 0.717) is 18.6 Å². The summed E-state index contributed by atoms with van der Waals surface area (Å²) >= 11 is 0. The Morgan fingerprint density at radius 1 is 1.03 bits per heavy atom. The minimum Gasteiger partial charge on any atom is -0.336 e. The van der Waals surface area contributed by atoms with Crippen molar-refractivity contribution in [1.29, 1.82) is 0 Å². The molecule has 0 aliphatic carbocycles. The highest BCUT2D eigenvalue weighted by Gasteiger charge is 2.28. The fourth-order valence-electron chi connectivity index (χ4n) is 4.45. The van der Waals surface area contributed by atoms with E-state index in [1.807, 2.05) is 52.8 Å². The molecule has 1 aliphatic heterocycles. The second-order valence-electron chi connectivity index (χ2n) is 7.68. The van der Waals surface area contributed by atoms with Gasteiger partial charge in [-0.3, -0.25) is 9.59 Å². The maximum Gasteiger partial charge on any atom is 0.291 e. The van der Waals surface area contributed by atoms with E-state index >= 15 is 0 Å². The minimum atomic E-state index is -0.488. The first-order valence-corrected chi connectivity index (χ1v) is 9.87. The summed E-state index contributed by atoms with van der Waals surface area (Å²) in [5, 5.41) is 5.91. The number of para-hydroxylation sites is 1. The molecular weight excluding hydrogens is 364 g/mol. The van der Waals surface area contributed by atoms with Gasteiger partial charge in [0.2, 0.25) is 5.91 Å². The average Bonchev–Trinajstić information content (AvgIpc) is 3.10. The Kier molecular flexibility index (Phi) is 4.01. The van der Waals surface area contributed by atoms with Gasteiger partial charge in [-0.15, -0.1) is 0 Å². The first kappa shape index (κ1) is 17.7. The number of carbonyl (C=O) groups is 1. The van der Waals surface area contributed by atoms with Gasteiger partial charge < -0.3 is 9.47 Å². The maximum atomic E-state index is 13.5. The van der Waals surface area contributed by atoms with Crippen LogP contribution in [-0.2, 0) is 24.8 Å². The molecule has 0 radical (unpaired) electrons. The number of hydrogen-bond acceptors (Lipinski definition) is 3. The van der Waals surface area contributed by atoms with Crippen LogP contribution in [0.15, 0.2) is 59.5 Å². The maximum absolute atomic E-state index is 13.5. The first-order valence-electron chi connectivity index (χ1n) is 9.87. The molecule has 1 aliphatic rings. The number of aromatic nitrogens is 3. The largest absolute Gasteiger partial charge is 0.336 e. The molecule has 2 aromatic carbocycles. The molecule has 1 amide bonds. The van der Waals surface area contributed by atoms with Crippen molar-refractivity contribution < 1.29 is 4.79 Å². The summed E-state index contributed by atoms with van der Waals surface area (Å²) in [6, 6.07) is 15.6. The van der Waals surface area contributed by atoms with Gasteiger partial charge in [-0.1, -0.05) is 42.5 Å². The highest BCUT2D eigenvalue weighted by atomic mass is 16.2. The monoisotopic (exact) mass is 386 g/mol. The third kappa shape index (κ3) is 2.67. The zero-order valence-corrected chi connectivity index (χ0v) is 16.5. The third-order valence-corrected chi connectivity index (χ3v) is 5.99. The average molecular weight is 386 g/mol. The molecule has 0 spiro atoms. The Balaban J connectivity index is 1.62. The van der Waals surface area contributed by atoms with E-state index in [1.165, 1.54) is 15.8 Å². The fraction of sp³-hybridized carbons (Fsp3) is 0.261. The van der Waals surface area contributed by atoms with E-state index < -0.39 is 6.04 Å². The Morgan fingerprint density at radius 2 is 1.76 bits per heavy atom. The van der Waals surface area contributed by atoms with Gasteiger partial charge in [0.25, 0.3) is 5.56 Å². The number of aryl methyl sites for hydroxylation is 1. The molecule has 1 atom stereocenters. The minimum absolute atomic E-state index is 0.0287. The molecule has 146 valence electrons. The molecule has 5 rings (SSSR count). The summed E-state index contributed by atoms with van der Waals surface area (Å²) in [6.07, 6.45) is 2.57. The van der Waals surface area contributed by atoms with E-state index in [0.717, 1.165) is 22.7 Å². The van der Waals surface area contributed by atoms with Crippen LogP contribution in [0.2, 0.25) is 0 Å². The zero-order valence-electron chi connectivity index (χ0n) is 16.5. The van der Waals surface area contributed by atoms with Gasteiger partial charge in [0.15, 0.2) is 0 Å². The molecule has 6 nitrogen and oxygen atoms in total. The number of fused-ring (bicyclic) bond motifs is 4. The van der Waals surface area contributed by atoms with Gasteiger partial charge in [-0.2, -0.15) is 5.10 Å². The van der Waals surface area contributed by atoms with Crippen LogP contribution in [0, 0.1) is 0 Å². The number of amides is 1. The van der Waals surface area contributed by atoms with Crippen molar-refractivity contribution in [2.24, 2.45) is 7.05 Å². The molecule has 0 saturated carbocycles. The topological polar surface area (TPSA) is 60.1 Å². The summed E-state index contributed by atoms with van der Waals surface area (Å²) in [5.41, 5.74) is 3.72. The van der Waals surface area contributed by atoms with Crippen molar-refractivity contribution in [2.45, 2.75) is 25.9 Å². The van der Waals surface area contributed by atoms with Crippen LogP contribution in [0.3, 0.4) is 0 Å². The lowest BCUT2D eigenvalue weighted by Gasteiger charge is -2.31. The highest BCUT2D eigenvalue weighted by Crippen LogP contribution is 2.31. The molecule has 0 N–H and O–H groups in total. The standard InChI is InChI=1S/C23H22N4O2/c1-15(22(28)26-12-11-16-7-3-4-8-17(16)14-26)27-20-10-6-5-9-18(20)19-13-24-25(2)23(29)21(19)27/h3-10,13,15H,11-12,14H2,1-2H3/t15-/m0/s1. The molecular formula is C23H22N4O2. The van der Waals surface area contributed by atoms with Crippen LogP contribution in [-0.4, -0.2) is 31.7 Å². The van der Waals surface area contributed by atoms with Crippen molar-refractivity contribution in [3.8, 4) is 0 Å². The summed E-state index contributed by atoms with van der Waals surface area (Å²) in [7, 11) is 1.64. The van der Waals surface area contributed by atoms with Gasteiger partial charge in [0.05, 0.1) is 11.7 Å². The van der Waals surface area contributed by atoms with Gasteiger partial charge in [0.1, 0.15) is 11.6 Å². The number of carbonyl (C=O) groups excluding carboxylic acids is 1. The van der Waals surface area contributed by atoms with Crippen molar-refractivity contribution in [3.05, 3.63) is 76.2 Å². The Bertz CT molecular complexity index is 1320. The summed E-state index contributed by atoms with van der Waals surface area (Å²) < 4.78 is 3.21. The third-order valence-electron chi connectivity index (χ3n) is 5.99. The second kappa shape index (κ2) is 6.58. The van der Waals surface area contributed by atoms with Crippen molar-refractivity contribution >= 4 is 27.7 Å². The second-order valence-corrected chi connectivity index (χ2v) is 7.68. The summed E-state index contributed by atoms with van der Waals surface area (Å²) in [5.74, 6) is 0.0287. The molecule has 0 saturated heterocycles. The molecule has 4 aromatic rings. The van der Waals surface area contributed by atoms with E-state index in [4.69, 9.17) is 0 Å². The highest BCUT2D eigenvalue weighted by molar-refractivity contribution is 6.08. The van der Waals surface area contributed by atoms with Gasteiger partial charge in [-0.25, -0.2) is 4.68 Å². The Labute approximate surface area is 168 Å². The van der Waals surface area contributed by atoms with Crippen LogP contribution in [0.1, 0.15) is 24.1 Å². The quantitative estimate of drug-likeness (QED) is 0.532. The fourth-order valence-corrected chi connectivity index (χ4v) is 4.45. The molecule has 0 fully saturated rings. The van der Waals surface area contributed by atoms with E-state index in [-0.39, 0.29) is 11.5 Å². The predicted octanol–water partition coefficient (Wildman–Crippen LogP) is 3.03. The van der Waals surface area contributed by atoms with Crippen molar-refractivity contribution in [1.82, 2.24) is 19.2 Å². The van der Waals surface area contributed by atoms with Crippen molar-refractivity contribution in [3.63, 3.8) is 0 Å². The number of benzene rings is 2. The molecule has 29 heavy (non-hydrogen) atoms.